The molecule has 0 unspecified atom stereocenters. The number of aryl methyl sites for hydroxylation is 2. The van der Waals surface area contributed by atoms with Gasteiger partial charge in [0, 0.05) is 16.1 Å². The van der Waals surface area contributed by atoms with Gasteiger partial charge in [0.05, 0.1) is 16.4 Å². The zero-order valence-corrected chi connectivity index (χ0v) is 18.2. The van der Waals surface area contributed by atoms with Crippen molar-refractivity contribution in [2.45, 2.75) is 13.8 Å². The molecule has 3 aromatic carbocycles. The van der Waals surface area contributed by atoms with Crippen molar-refractivity contribution in [3.63, 3.8) is 0 Å². The van der Waals surface area contributed by atoms with E-state index >= 15 is 4.39 Å². The number of aromatic nitrogens is 2. The lowest BCUT2D eigenvalue weighted by molar-refractivity contribution is 0.0692. The van der Waals surface area contributed by atoms with Crippen LogP contribution in [0.25, 0.3) is 28.3 Å². The van der Waals surface area contributed by atoms with Crippen LogP contribution in [0.1, 0.15) is 21.6 Å². The molecule has 0 amide bonds. The third-order valence-corrected chi connectivity index (χ3v) is 5.54. The molecule has 4 nitrogen and oxygen atoms in total. The largest absolute Gasteiger partial charge is 0.476 e. The lowest BCUT2D eigenvalue weighted by atomic mass is 10.1. The van der Waals surface area contributed by atoms with Gasteiger partial charge in [0.25, 0.3) is 0 Å². The fourth-order valence-corrected chi connectivity index (χ4v) is 3.80. The highest BCUT2D eigenvalue weighted by Gasteiger charge is 2.28. The number of carboxylic acids is 1. The molecule has 0 atom stereocenters. The molecule has 0 aliphatic carbocycles. The highest BCUT2D eigenvalue weighted by atomic mass is 35.5. The van der Waals surface area contributed by atoms with E-state index in [2.05, 4.69) is 4.98 Å². The maximum absolute atomic E-state index is 15.1. The van der Waals surface area contributed by atoms with Crippen molar-refractivity contribution < 1.29 is 14.3 Å². The zero-order chi connectivity index (χ0) is 22.3. The lowest BCUT2D eigenvalue weighted by Gasteiger charge is -2.16. The van der Waals surface area contributed by atoms with Crippen molar-refractivity contribution in [1.82, 2.24) is 9.55 Å². The van der Waals surface area contributed by atoms with Gasteiger partial charge in [-0.2, -0.15) is 0 Å². The van der Waals surface area contributed by atoms with Crippen LogP contribution in [0.4, 0.5) is 4.39 Å². The number of aromatic carboxylic acids is 1. The second-order valence-electron chi connectivity index (χ2n) is 7.17. The summed E-state index contributed by atoms with van der Waals surface area (Å²) >= 11 is 12.3. The molecule has 0 saturated carbocycles. The molecule has 0 aliphatic heterocycles. The van der Waals surface area contributed by atoms with Gasteiger partial charge >= 0.3 is 5.97 Å². The van der Waals surface area contributed by atoms with E-state index in [4.69, 9.17) is 23.2 Å². The van der Waals surface area contributed by atoms with E-state index in [1.54, 1.807) is 22.8 Å². The van der Waals surface area contributed by atoms with Gasteiger partial charge in [-0.25, -0.2) is 14.2 Å². The van der Waals surface area contributed by atoms with Crippen LogP contribution in [0.15, 0.2) is 60.7 Å². The molecule has 1 heterocycles. The molecule has 0 fully saturated rings. The molecule has 0 bridgehead atoms. The average Bonchev–Trinajstić information content (AvgIpc) is 3.13. The zero-order valence-electron chi connectivity index (χ0n) is 16.7. The van der Waals surface area contributed by atoms with Crippen LogP contribution < -0.4 is 0 Å². The van der Waals surface area contributed by atoms with Crippen molar-refractivity contribution in [3.05, 3.63) is 93.3 Å². The van der Waals surface area contributed by atoms with Crippen LogP contribution in [0.5, 0.6) is 0 Å². The van der Waals surface area contributed by atoms with Crippen LogP contribution in [0.3, 0.4) is 0 Å². The van der Waals surface area contributed by atoms with Crippen LogP contribution in [-0.2, 0) is 0 Å². The SMILES string of the molecule is Cc1ccc(-c2nc(C(=O)O)c(-c3cccc(Cl)c3F)n2-c2cc(Cl)ccc2C)cc1. The lowest BCUT2D eigenvalue weighted by Crippen LogP contribution is -2.06. The number of carboxylic acid groups (broad SMARTS) is 1. The van der Waals surface area contributed by atoms with Gasteiger partial charge < -0.3 is 5.11 Å². The molecule has 7 heteroatoms. The van der Waals surface area contributed by atoms with Crippen molar-refractivity contribution in [2.24, 2.45) is 0 Å². The number of hydrogen-bond acceptors (Lipinski definition) is 2. The summed E-state index contributed by atoms with van der Waals surface area (Å²) in [7, 11) is 0. The quantitative estimate of drug-likeness (QED) is 0.362. The maximum Gasteiger partial charge on any atom is 0.356 e. The van der Waals surface area contributed by atoms with Gasteiger partial charge in [0.15, 0.2) is 11.5 Å². The first-order chi connectivity index (χ1) is 14.8. The Balaban J connectivity index is 2.17. The Hall–Kier alpha value is -3.15. The van der Waals surface area contributed by atoms with Crippen LogP contribution >= 0.6 is 23.2 Å². The first-order valence-corrected chi connectivity index (χ1v) is 10.2. The Labute approximate surface area is 188 Å². The predicted octanol–water partition coefficient (Wildman–Crippen LogP) is 6.97. The molecule has 1 aromatic heterocycles. The standard InChI is InChI=1S/C24H17Cl2FN2O2/c1-13-6-9-15(10-7-13)23-28-21(24(30)31)22(17-4-3-5-18(26)20(17)27)29(23)19-12-16(25)11-8-14(19)2/h3-12H,1-2H3,(H,30,31). The molecular weight excluding hydrogens is 438 g/mol. The van der Waals surface area contributed by atoms with Crippen LogP contribution in [0, 0.1) is 19.7 Å². The van der Waals surface area contributed by atoms with Gasteiger partial charge in [-0.15, -0.1) is 0 Å². The van der Waals surface area contributed by atoms with E-state index in [0.717, 1.165) is 11.1 Å². The predicted molar refractivity (Wildman–Crippen MR) is 121 cm³/mol. The van der Waals surface area contributed by atoms with Crippen LogP contribution in [0.2, 0.25) is 10.0 Å². The molecule has 4 rings (SSSR count). The Morgan fingerprint density at radius 3 is 2.42 bits per heavy atom. The molecule has 1 N–H and O–H groups in total. The van der Waals surface area contributed by atoms with Gasteiger partial charge in [-0.3, -0.25) is 4.57 Å². The van der Waals surface area contributed by atoms with E-state index in [-0.39, 0.29) is 22.0 Å². The van der Waals surface area contributed by atoms with Gasteiger partial charge in [-0.05, 0) is 43.7 Å². The topological polar surface area (TPSA) is 55.1 Å². The highest BCUT2D eigenvalue weighted by molar-refractivity contribution is 6.31. The molecule has 0 aliphatic rings. The fourth-order valence-electron chi connectivity index (χ4n) is 3.46. The van der Waals surface area contributed by atoms with E-state index in [1.165, 1.54) is 12.1 Å². The van der Waals surface area contributed by atoms with Crippen molar-refractivity contribution in [2.75, 3.05) is 0 Å². The molecule has 0 radical (unpaired) electrons. The smallest absolute Gasteiger partial charge is 0.356 e. The molecular formula is C24H17Cl2FN2O2. The summed E-state index contributed by atoms with van der Waals surface area (Å²) in [6.07, 6.45) is 0. The minimum atomic E-state index is -1.28. The summed E-state index contributed by atoms with van der Waals surface area (Å²) < 4.78 is 16.7. The number of halogens is 3. The van der Waals surface area contributed by atoms with Crippen molar-refractivity contribution in [3.8, 4) is 28.3 Å². The summed E-state index contributed by atoms with van der Waals surface area (Å²) in [6.45, 7) is 3.82. The maximum atomic E-state index is 15.1. The van der Waals surface area contributed by atoms with Crippen LogP contribution in [-0.4, -0.2) is 20.6 Å². The summed E-state index contributed by atoms with van der Waals surface area (Å²) in [6, 6.07) is 17.2. The van der Waals surface area contributed by atoms with E-state index in [1.807, 2.05) is 44.2 Å². The fraction of sp³-hybridized carbons (Fsp3) is 0.0833. The molecule has 0 saturated heterocycles. The first-order valence-electron chi connectivity index (χ1n) is 9.42. The van der Waals surface area contributed by atoms with E-state index in [0.29, 0.717) is 22.1 Å². The highest BCUT2D eigenvalue weighted by Crippen LogP contribution is 2.37. The molecule has 31 heavy (non-hydrogen) atoms. The molecule has 0 spiro atoms. The van der Waals surface area contributed by atoms with Gasteiger partial charge in [0.2, 0.25) is 0 Å². The second kappa shape index (κ2) is 8.17. The average molecular weight is 455 g/mol. The monoisotopic (exact) mass is 454 g/mol. The number of nitrogens with zero attached hydrogens (tertiary/aromatic N) is 2. The van der Waals surface area contributed by atoms with E-state index in [9.17, 15) is 9.90 Å². The number of hydrogen-bond donors (Lipinski definition) is 1. The Morgan fingerprint density at radius 2 is 1.74 bits per heavy atom. The normalized spacial score (nSPS) is 11.0. The minimum Gasteiger partial charge on any atom is -0.476 e. The molecule has 156 valence electrons. The third kappa shape index (κ3) is 3.82. The molecule has 4 aromatic rings. The summed E-state index contributed by atoms with van der Waals surface area (Å²) in [5.41, 5.74) is 2.98. The van der Waals surface area contributed by atoms with Gasteiger partial charge in [-0.1, -0.05) is 65.2 Å². The van der Waals surface area contributed by atoms with Crippen molar-refractivity contribution in [1.29, 1.82) is 0 Å². The van der Waals surface area contributed by atoms with Gasteiger partial charge in [0.1, 0.15) is 5.82 Å². The van der Waals surface area contributed by atoms with E-state index < -0.39 is 11.8 Å². The number of rotatable bonds is 4. The summed E-state index contributed by atoms with van der Waals surface area (Å²) in [5, 5.41) is 10.3. The third-order valence-electron chi connectivity index (χ3n) is 5.01. The Kier molecular flexibility index (Phi) is 5.56. The number of carbonyl (C=O) groups is 1. The Bertz CT molecular complexity index is 1310. The second-order valence-corrected chi connectivity index (χ2v) is 8.02. The van der Waals surface area contributed by atoms with Crippen molar-refractivity contribution >= 4 is 29.2 Å². The Morgan fingerprint density at radius 1 is 1.03 bits per heavy atom. The minimum absolute atomic E-state index is 0.0372. The first kappa shape index (κ1) is 21.1. The summed E-state index contributed by atoms with van der Waals surface area (Å²) in [4.78, 5) is 16.6. The summed E-state index contributed by atoms with van der Waals surface area (Å²) in [5.74, 6) is -1.64. The number of benzene rings is 3. The number of imidazole rings is 1.